The molecule has 0 aromatic heterocycles. The predicted molar refractivity (Wildman–Crippen MR) is 427 cm³/mol. The van der Waals surface area contributed by atoms with E-state index in [0.717, 1.165) is 219 Å². The van der Waals surface area contributed by atoms with E-state index in [0.29, 0.717) is 26.4 Å². The Labute approximate surface area is 596 Å². The van der Waals surface area contributed by atoms with E-state index in [1.165, 1.54) is 22.3 Å². The average Bonchev–Trinajstić information content (AvgIpc) is 0.697. The molecule has 514 valence electrons. The molecule has 0 N–H and O–H groups in total. The first-order valence-corrected chi connectivity index (χ1v) is 36.6. The molecule has 0 saturated carbocycles. The fourth-order valence-electron chi connectivity index (χ4n) is 14.7. The first-order chi connectivity index (χ1) is 48.4. The van der Waals surface area contributed by atoms with E-state index in [9.17, 15) is 0 Å². The molecule has 0 amide bonds. The summed E-state index contributed by atoms with van der Waals surface area (Å²) in [5.74, 6) is 3.54. The molecule has 0 bridgehead atoms. The first-order valence-electron chi connectivity index (χ1n) is 36.6. The molecule has 0 aliphatic carbocycles. The molecule has 0 spiro atoms. The van der Waals surface area contributed by atoms with Crippen molar-refractivity contribution < 1.29 is 18.9 Å². The zero-order valence-electron chi connectivity index (χ0n) is 62.2. The van der Waals surface area contributed by atoms with E-state index in [1.807, 2.05) is 0 Å². The molecule has 12 rings (SSSR count). The van der Waals surface area contributed by atoms with Gasteiger partial charge in [0.1, 0.15) is 23.0 Å². The van der Waals surface area contributed by atoms with Crippen molar-refractivity contribution in [3.63, 3.8) is 0 Å². The van der Waals surface area contributed by atoms with Crippen LogP contribution in [0.2, 0.25) is 0 Å². The van der Waals surface area contributed by atoms with Crippen molar-refractivity contribution in [1.82, 2.24) is 0 Å². The summed E-state index contributed by atoms with van der Waals surface area (Å²) < 4.78 is 26.2. The molecule has 12 aromatic rings. The fourth-order valence-corrected chi connectivity index (χ4v) is 14.7. The quantitative estimate of drug-likeness (QED) is 0.0355. The van der Waals surface area contributed by atoms with E-state index in [4.69, 9.17) is 18.9 Å². The molecule has 100 heavy (non-hydrogen) atoms. The minimum Gasteiger partial charge on any atom is -0.494 e. The third-order valence-electron chi connectivity index (χ3n) is 19.8. The van der Waals surface area contributed by atoms with Crippen molar-refractivity contribution in [2.45, 2.75) is 162 Å². The van der Waals surface area contributed by atoms with Crippen molar-refractivity contribution in [2.75, 3.05) is 46.0 Å². The van der Waals surface area contributed by atoms with Gasteiger partial charge in [0.25, 0.3) is 0 Å². The van der Waals surface area contributed by atoms with Crippen LogP contribution in [-0.2, 0) is 0 Å². The highest BCUT2D eigenvalue weighted by molar-refractivity contribution is 6.33. The summed E-state index contributed by atoms with van der Waals surface area (Å²) >= 11 is 0. The summed E-state index contributed by atoms with van der Waals surface area (Å²) in [6.07, 6.45) is 8.18. The van der Waals surface area contributed by atoms with Crippen molar-refractivity contribution in [1.29, 1.82) is 0 Å². The molecule has 0 atom stereocenters. The highest BCUT2D eigenvalue weighted by Gasteiger charge is 2.32. The minimum absolute atomic E-state index is 0.663. The lowest BCUT2D eigenvalue weighted by atomic mass is 9.88. The van der Waals surface area contributed by atoms with Gasteiger partial charge in [0.05, 0.1) is 71.9 Å². The Hall–Kier alpha value is -9.92. The van der Waals surface area contributed by atoms with Crippen LogP contribution in [-0.4, -0.2) is 26.4 Å². The highest BCUT2D eigenvalue weighted by atomic mass is 16.5. The van der Waals surface area contributed by atoms with Gasteiger partial charge in [0, 0.05) is 55.1 Å². The van der Waals surface area contributed by atoms with Crippen LogP contribution in [0.4, 0.5) is 68.2 Å². The zero-order valence-corrected chi connectivity index (χ0v) is 62.2. The maximum absolute atomic E-state index is 6.56. The van der Waals surface area contributed by atoms with Gasteiger partial charge in [0.2, 0.25) is 0 Å². The Morgan fingerprint density at radius 2 is 0.410 bits per heavy atom. The molecule has 8 nitrogen and oxygen atoms in total. The molecule has 0 heterocycles. The fraction of sp³-hybridized carbons (Fsp3) is 0.304. The number of anilines is 12. The largest absolute Gasteiger partial charge is 0.494 e. The number of nitrogens with zero attached hydrogens (tertiary/aromatic N) is 4. The Balaban J connectivity index is 1.30. The molecule has 0 unspecified atom stereocenters. The second-order valence-corrected chi connectivity index (χ2v) is 28.0. The van der Waals surface area contributed by atoms with Crippen LogP contribution >= 0.6 is 0 Å². The monoisotopic (exact) mass is 1330 g/mol. The number of hydrogen-bond donors (Lipinski definition) is 0. The van der Waals surface area contributed by atoms with Crippen molar-refractivity contribution in [3.05, 3.63) is 249 Å². The summed E-state index contributed by atoms with van der Waals surface area (Å²) in [4.78, 5) is 10.2. The van der Waals surface area contributed by atoms with E-state index in [1.54, 1.807) is 0 Å². The molecule has 0 aliphatic heterocycles. The van der Waals surface area contributed by atoms with Crippen LogP contribution in [0.5, 0.6) is 23.0 Å². The van der Waals surface area contributed by atoms with Crippen molar-refractivity contribution in [3.8, 4) is 23.0 Å². The SMILES string of the molecule is CCCCOc1cc(C)c(N(c2ccc(C)cc2)c2cc(N(c3ccc(C)cc3)c3c(C)cc(OCCCC)cc3C)c3ccc4c(N(c5ccc(C)cc5)c5c(C)cc(OCCCC)cc5C)cc(N(c5ccc(C)cc5)c5c(C)cc(OCCCC)cc5C)c5ccc2c3c54)c(C)c1. The number of rotatable bonds is 28. The van der Waals surface area contributed by atoms with Crippen LogP contribution in [0.3, 0.4) is 0 Å². The third kappa shape index (κ3) is 14.3. The normalized spacial score (nSPS) is 11.5. The van der Waals surface area contributed by atoms with Crippen molar-refractivity contribution >= 4 is 101 Å². The lowest BCUT2D eigenvalue weighted by Gasteiger charge is -2.36. The molecule has 0 saturated heterocycles. The van der Waals surface area contributed by atoms with Crippen molar-refractivity contribution in [2.24, 2.45) is 0 Å². The van der Waals surface area contributed by atoms with E-state index < -0.39 is 0 Å². The maximum Gasteiger partial charge on any atom is 0.119 e. The Kier molecular flexibility index (Phi) is 21.5. The number of ether oxygens (including phenoxy) is 4. The molecule has 0 aliphatic rings. The average molecular weight is 1330 g/mol. The predicted octanol–water partition coefficient (Wildman–Crippen LogP) is 26.9. The van der Waals surface area contributed by atoms with Crippen LogP contribution in [0.1, 0.15) is 146 Å². The summed E-state index contributed by atoms with van der Waals surface area (Å²) in [6.45, 7) is 38.2. The van der Waals surface area contributed by atoms with E-state index in [2.05, 4.69) is 312 Å². The number of unbranched alkanes of at least 4 members (excludes halogenated alkanes) is 4. The first kappa shape index (κ1) is 70.0. The molecule has 0 radical (unpaired) electrons. The van der Waals surface area contributed by atoms with E-state index in [-0.39, 0.29) is 0 Å². The van der Waals surface area contributed by atoms with E-state index >= 15 is 0 Å². The van der Waals surface area contributed by atoms with Gasteiger partial charge in [-0.25, -0.2) is 0 Å². The molecular formula is C92H102N4O4. The summed E-state index contributed by atoms with van der Waals surface area (Å²) in [6, 6.07) is 69.0. The number of aryl methyl sites for hydroxylation is 12. The standard InChI is InChI=1S/C92H102N4O4/c1-17-21-45-97-75-49-63(9)89(64(10)50-75)93(71-33-25-59(5)26-34-71)83-57-84(94(72-35-27-60(6)28-36-72)90-65(11)51-76(52-66(90)12)98-46-22-18-2)80-43-44-82-86(96(74-39-31-62(8)32-40-74)92-69(15)55-78(56-70(92)16)100-48-24-20-4)58-85(81-42-41-79(83)87(80)88(81)82)95(73-37-29-61(7)30-38-73)91-67(13)53-77(54-68(91)14)99-47-23-19-3/h25-44,49-58H,17-24,45-48H2,1-16H3. The lowest BCUT2D eigenvalue weighted by Crippen LogP contribution is -2.18. The number of hydrogen-bond acceptors (Lipinski definition) is 8. The topological polar surface area (TPSA) is 49.9 Å². The lowest BCUT2D eigenvalue weighted by molar-refractivity contribution is 0.309. The van der Waals surface area contributed by atoms with Crippen LogP contribution in [0.15, 0.2) is 182 Å². The van der Waals surface area contributed by atoms with Gasteiger partial charge < -0.3 is 38.5 Å². The van der Waals surface area contributed by atoms with Gasteiger partial charge in [-0.2, -0.15) is 0 Å². The molecule has 0 fully saturated rings. The Morgan fingerprint density at radius 3 is 0.580 bits per heavy atom. The third-order valence-corrected chi connectivity index (χ3v) is 19.8. The second kappa shape index (κ2) is 30.7. The smallest absolute Gasteiger partial charge is 0.119 e. The highest BCUT2D eigenvalue weighted by Crippen LogP contribution is 2.57. The van der Waals surface area contributed by atoms with Gasteiger partial charge in [-0.1, -0.05) is 148 Å². The minimum atomic E-state index is 0.663. The Bertz CT molecular complexity index is 4160. The number of benzene rings is 12. The van der Waals surface area contributed by atoms with Crippen LogP contribution in [0.25, 0.3) is 32.3 Å². The zero-order chi connectivity index (χ0) is 70.5. The van der Waals surface area contributed by atoms with Gasteiger partial charge in [-0.05, 0) is 262 Å². The molecular weight excluding hydrogens is 1230 g/mol. The van der Waals surface area contributed by atoms with Gasteiger partial charge in [-0.15, -0.1) is 0 Å². The summed E-state index contributed by atoms with van der Waals surface area (Å²) in [5.41, 5.74) is 26.5. The van der Waals surface area contributed by atoms with Crippen LogP contribution in [0, 0.1) is 83.1 Å². The second-order valence-electron chi connectivity index (χ2n) is 28.0. The Morgan fingerprint density at radius 1 is 0.230 bits per heavy atom. The molecule has 12 aromatic carbocycles. The van der Waals surface area contributed by atoms with Gasteiger partial charge in [-0.3, -0.25) is 0 Å². The van der Waals surface area contributed by atoms with Crippen LogP contribution < -0.4 is 38.5 Å². The molecule has 8 heteroatoms. The summed E-state index contributed by atoms with van der Waals surface area (Å²) in [5, 5.41) is 6.77. The van der Waals surface area contributed by atoms with Gasteiger partial charge in [0.15, 0.2) is 0 Å². The maximum atomic E-state index is 6.56. The van der Waals surface area contributed by atoms with Gasteiger partial charge >= 0.3 is 0 Å². The summed E-state index contributed by atoms with van der Waals surface area (Å²) in [7, 11) is 0.